The van der Waals surface area contributed by atoms with E-state index in [1.54, 1.807) is 24.2 Å². The monoisotopic (exact) mass is 363 g/mol. The van der Waals surface area contributed by atoms with Gasteiger partial charge >= 0.3 is 0 Å². The number of hydrogen-bond donors (Lipinski definition) is 0. The molecule has 0 unspecified atom stereocenters. The van der Waals surface area contributed by atoms with Crippen LogP contribution < -0.4 is 4.74 Å². The highest BCUT2D eigenvalue weighted by molar-refractivity contribution is 9.10. The van der Waals surface area contributed by atoms with Crippen LogP contribution in [0.3, 0.4) is 0 Å². The Balaban J connectivity index is 2.10. The molecule has 3 rings (SSSR count). The van der Waals surface area contributed by atoms with Crippen LogP contribution in [0, 0.1) is 0 Å². The van der Waals surface area contributed by atoms with Gasteiger partial charge in [0.2, 0.25) is 0 Å². The Morgan fingerprint density at radius 1 is 1.38 bits per heavy atom. The number of methoxy groups -OCH3 is 1. The number of carbonyl (C=O) groups is 1. The third-order valence-corrected chi connectivity index (χ3v) is 4.25. The molecule has 7 heteroatoms. The Labute approximate surface area is 133 Å². The van der Waals surface area contributed by atoms with E-state index < -0.39 is 0 Å². The van der Waals surface area contributed by atoms with Gasteiger partial charge in [0, 0.05) is 16.9 Å². The number of pyridine rings is 1. The van der Waals surface area contributed by atoms with E-state index in [1.165, 1.54) is 11.3 Å². The second kappa shape index (κ2) is 5.79. The van der Waals surface area contributed by atoms with Crippen LogP contribution in [0.4, 0.5) is 0 Å². The fraction of sp³-hybridized carbons (Fsp3) is 0.0714. The van der Waals surface area contributed by atoms with Gasteiger partial charge in [0.25, 0.3) is 0 Å². The van der Waals surface area contributed by atoms with Gasteiger partial charge in [0.1, 0.15) is 11.4 Å². The predicted molar refractivity (Wildman–Crippen MR) is 84.3 cm³/mol. The molecule has 5 nitrogen and oxygen atoms in total. The molecule has 3 aromatic rings. The van der Waals surface area contributed by atoms with Crippen molar-refractivity contribution in [1.29, 1.82) is 0 Å². The van der Waals surface area contributed by atoms with Gasteiger partial charge in [-0.1, -0.05) is 0 Å². The first-order valence-electron chi connectivity index (χ1n) is 6.01. The quantitative estimate of drug-likeness (QED) is 0.664. The number of aldehydes is 1. The molecule has 0 aliphatic heterocycles. The van der Waals surface area contributed by atoms with Crippen molar-refractivity contribution in [3.8, 4) is 22.1 Å². The molecule has 0 saturated heterocycles. The summed E-state index contributed by atoms with van der Waals surface area (Å²) in [5.41, 5.74) is 1.10. The number of halogens is 1. The lowest BCUT2D eigenvalue weighted by molar-refractivity contribution is 0.112. The van der Waals surface area contributed by atoms with Crippen molar-refractivity contribution in [1.82, 2.24) is 14.8 Å². The zero-order valence-corrected chi connectivity index (χ0v) is 13.4. The Bertz CT molecular complexity index is 780. The molecule has 0 aliphatic rings. The number of ether oxygens (including phenoxy) is 1. The van der Waals surface area contributed by atoms with Gasteiger partial charge in [-0.2, -0.15) is 5.10 Å². The molecule has 3 aromatic heterocycles. The molecule has 0 fully saturated rings. The maximum Gasteiger partial charge on any atom is 0.153 e. The molecule has 0 aliphatic carbocycles. The fourth-order valence-corrected chi connectivity index (χ4v) is 3.00. The van der Waals surface area contributed by atoms with Crippen molar-refractivity contribution in [3.05, 3.63) is 46.0 Å². The first kappa shape index (κ1) is 14.0. The molecule has 0 amide bonds. The van der Waals surface area contributed by atoms with Crippen molar-refractivity contribution in [2.45, 2.75) is 0 Å². The largest absolute Gasteiger partial charge is 0.495 e. The summed E-state index contributed by atoms with van der Waals surface area (Å²) < 4.78 is 7.76. The number of aromatic nitrogens is 3. The number of thiophene rings is 1. The molecule has 0 N–H and O–H groups in total. The molecular formula is C14H10BrN3O2S. The molecule has 0 spiro atoms. The molecule has 0 atom stereocenters. The third kappa shape index (κ3) is 2.62. The summed E-state index contributed by atoms with van der Waals surface area (Å²) in [5, 5.41) is 6.37. The zero-order valence-electron chi connectivity index (χ0n) is 11.0. The second-order valence-corrected chi connectivity index (χ2v) is 5.98. The molecule has 0 bridgehead atoms. The van der Waals surface area contributed by atoms with E-state index >= 15 is 0 Å². The van der Waals surface area contributed by atoms with Gasteiger partial charge in [-0.3, -0.25) is 4.79 Å². The smallest absolute Gasteiger partial charge is 0.153 e. The van der Waals surface area contributed by atoms with E-state index in [0.29, 0.717) is 22.8 Å². The molecule has 0 saturated carbocycles. The van der Waals surface area contributed by atoms with E-state index in [-0.39, 0.29) is 0 Å². The molecule has 21 heavy (non-hydrogen) atoms. The summed E-state index contributed by atoms with van der Waals surface area (Å²) in [6, 6.07) is 5.54. The summed E-state index contributed by atoms with van der Waals surface area (Å²) >= 11 is 4.82. The standard InChI is InChI=1S/C14H10BrN3O2S/c1-20-11-4-5-21-14(11)13-9(8-19)7-18(17-13)12-3-2-10(15)6-16-12/h2-8H,1H3. The number of hydrogen-bond acceptors (Lipinski definition) is 5. The van der Waals surface area contributed by atoms with Gasteiger partial charge in [-0.05, 0) is 39.5 Å². The second-order valence-electron chi connectivity index (χ2n) is 4.15. The van der Waals surface area contributed by atoms with Gasteiger partial charge in [-0.25, -0.2) is 9.67 Å². The molecular weight excluding hydrogens is 354 g/mol. The van der Waals surface area contributed by atoms with E-state index in [4.69, 9.17) is 4.74 Å². The number of carbonyl (C=O) groups excluding carboxylic acids is 1. The Morgan fingerprint density at radius 2 is 2.24 bits per heavy atom. The van der Waals surface area contributed by atoms with E-state index in [9.17, 15) is 4.79 Å². The average molecular weight is 364 g/mol. The normalized spacial score (nSPS) is 10.6. The summed E-state index contributed by atoms with van der Waals surface area (Å²) in [4.78, 5) is 16.4. The van der Waals surface area contributed by atoms with Crippen LogP contribution in [0.2, 0.25) is 0 Å². The highest BCUT2D eigenvalue weighted by Crippen LogP contribution is 2.36. The molecule has 0 radical (unpaired) electrons. The Hall–Kier alpha value is -1.99. The van der Waals surface area contributed by atoms with Crippen molar-refractivity contribution in [2.24, 2.45) is 0 Å². The fourth-order valence-electron chi connectivity index (χ4n) is 1.90. The first-order chi connectivity index (χ1) is 10.2. The Kier molecular flexibility index (Phi) is 3.85. The maximum absolute atomic E-state index is 11.3. The summed E-state index contributed by atoms with van der Waals surface area (Å²) in [7, 11) is 1.60. The van der Waals surface area contributed by atoms with Crippen LogP contribution in [0.5, 0.6) is 5.75 Å². The van der Waals surface area contributed by atoms with E-state index in [2.05, 4.69) is 26.0 Å². The predicted octanol–water partition coefficient (Wildman–Crippen LogP) is 3.58. The van der Waals surface area contributed by atoms with Gasteiger partial charge in [0.05, 0.1) is 17.6 Å². The van der Waals surface area contributed by atoms with Crippen molar-refractivity contribution in [2.75, 3.05) is 7.11 Å². The number of rotatable bonds is 4. The van der Waals surface area contributed by atoms with Crippen LogP contribution in [0.1, 0.15) is 10.4 Å². The lowest BCUT2D eigenvalue weighted by Crippen LogP contribution is -1.97. The van der Waals surface area contributed by atoms with Crippen molar-refractivity contribution < 1.29 is 9.53 Å². The summed E-state index contributed by atoms with van der Waals surface area (Å²) in [6.45, 7) is 0. The summed E-state index contributed by atoms with van der Waals surface area (Å²) in [5.74, 6) is 1.35. The zero-order chi connectivity index (χ0) is 14.8. The van der Waals surface area contributed by atoms with Crippen molar-refractivity contribution in [3.63, 3.8) is 0 Å². The first-order valence-corrected chi connectivity index (χ1v) is 7.69. The average Bonchev–Trinajstić information content (AvgIpc) is 3.13. The van der Waals surface area contributed by atoms with Crippen LogP contribution in [0.25, 0.3) is 16.4 Å². The molecule has 3 heterocycles. The molecule has 106 valence electrons. The lowest BCUT2D eigenvalue weighted by Gasteiger charge is -2.01. The molecule has 0 aromatic carbocycles. The minimum absolute atomic E-state index is 0.500. The van der Waals surface area contributed by atoms with E-state index in [1.807, 2.05) is 23.6 Å². The lowest BCUT2D eigenvalue weighted by atomic mass is 10.2. The van der Waals surface area contributed by atoms with Gasteiger partial charge < -0.3 is 4.74 Å². The van der Waals surface area contributed by atoms with Crippen LogP contribution in [-0.4, -0.2) is 28.2 Å². The minimum Gasteiger partial charge on any atom is -0.495 e. The minimum atomic E-state index is 0.500. The highest BCUT2D eigenvalue weighted by Gasteiger charge is 2.17. The van der Waals surface area contributed by atoms with Crippen LogP contribution in [0.15, 0.2) is 40.4 Å². The van der Waals surface area contributed by atoms with Crippen LogP contribution >= 0.6 is 27.3 Å². The van der Waals surface area contributed by atoms with E-state index in [0.717, 1.165) is 15.6 Å². The number of nitrogens with zero attached hydrogens (tertiary/aromatic N) is 3. The highest BCUT2D eigenvalue weighted by atomic mass is 79.9. The third-order valence-electron chi connectivity index (χ3n) is 2.88. The van der Waals surface area contributed by atoms with Crippen molar-refractivity contribution >= 4 is 33.6 Å². The van der Waals surface area contributed by atoms with Gasteiger partial charge in [0.15, 0.2) is 12.1 Å². The maximum atomic E-state index is 11.3. The topological polar surface area (TPSA) is 57.0 Å². The SMILES string of the molecule is COc1ccsc1-c1nn(-c2ccc(Br)cn2)cc1C=O. The van der Waals surface area contributed by atoms with Gasteiger partial charge in [-0.15, -0.1) is 11.3 Å². The Morgan fingerprint density at radius 3 is 2.90 bits per heavy atom. The summed E-state index contributed by atoms with van der Waals surface area (Å²) in [6.07, 6.45) is 4.14. The van der Waals surface area contributed by atoms with Crippen LogP contribution in [-0.2, 0) is 0 Å².